The van der Waals surface area contributed by atoms with Crippen molar-refractivity contribution in [2.45, 2.75) is 18.9 Å². The van der Waals surface area contributed by atoms with Crippen molar-refractivity contribution in [2.75, 3.05) is 23.5 Å². The number of amides is 1. The Kier molecular flexibility index (Phi) is 9.82. The molecule has 2 saturated heterocycles. The predicted molar refractivity (Wildman–Crippen MR) is 131 cm³/mol. The number of para-hydroxylation sites is 2. The molecule has 2 N–H and O–H groups in total. The van der Waals surface area contributed by atoms with Gasteiger partial charge in [0.25, 0.3) is 0 Å². The first-order valence-electron chi connectivity index (χ1n) is 10.5. The van der Waals surface area contributed by atoms with E-state index < -0.39 is 0 Å². The second-order valence-corrected chi connectivity index (χ2v) is 8.74. The fourth-order valence-corrected chi connectivity index (χ4v) is 5.04. The average molecular weight is 508 g/mol. The number of anilines is 2. The fourth-order valence-electron chi connectivity index (χ4n) is 4.57. The molecule has 2 aliphatic heterocycles. The third-order valence-electron chi connectivity index (χ3n) is 6.14. The van der Waals surface area contributed by atoms with Crippen LogP contribution in [0, 0.1) is 10.6 Å². The summed E-state index contributed by atoms with van der Waals surface area (Å²) in [5.74, 6) is 0.286. The minimum absolute atomic E-state index is 0. The number of nitrogens with one attached hydrogen (secondary N) is 2. The number of benzene rings is 3. The van der Waals surface area contributed by atoms with E-state index in [0.717, 1.165) is 31.6 Å². The van der Waals surface area contributed by atoms with E-state index in [2.05, 4.69) is 29.6 Å². The van der Waals surface area contributed by atoms with Crippen molar-refractivity contribution in [3.05, 3.63) is 99.7 Å². The molecule has 1 spiro atoms. The summed E-state index contributed by atoms with van der Waals surface area (Å²) in [5, 5.41) is 14.2. The number of β-lactam (4-membered cyclic amide) rings is 1. The van der Waals surface area contributed by atoms with Gasteiger partial charge >= 0.3 is 51.4 Å². The van der Waals surface area contributed by atoms with Crippen molar-refractivity contribution in [1.29, 1.82) is 0 Å². The minimum Gasteiger partial charge on any atom is -0.761 e. The largest absolute Gasteiger partial charge is 1.00 e. The molecule has 2 aliphatic rings. The van der Waals surface area contributed by atoms with E-state index in [1.807, 2.05) is 41.3 Å². The van der Waals surface area contributed by atoms with Gasteiger partial charge in [-0.25, -0.2) is 0 Å². The van der Waals surface area contributed by atoms with Crippen molar-refractivity contribution < 1.29 is 56.2 Å². The maximum atomic E-state index is 13.0. The number of carbonyl (C=O) groups excluding carboxylic acids is 1. The van der Waals surface area contributed by atoms with Crippen LogP contribution in [0.2, 0.25) is 10.0 Å². The number of carbonyl (C=O) groups is 1. The molecule has 33 heavy (non-hydrogen) atoms. The van der Waals surface area contributed by atoms with Gasteiger partial charge in [-0.15, -0.1) is 0 Å². The number of nitrogens with zero attached hydrogens (tertiary/aromatic N) is 1. The molecular weight excluding hydrogens is 484 g/mol. The molecular formula is C25H24Cl2KN3O2. The van der Waals surface area contributed by atoms with Crippen molar-refractivity contribution in [3.8, 4) is 0 Å². The molecule has 2 fully saturated rings. The maximum Gasteiger partial charge on any atom is 1.00 e. The normalized spacial score (nSPS) is 18.5. The molecule has 3 aromatic rings. The smallest absolute Gasteiger partial charge is 0.761 e. The Labute approximate surface area is 246 Å². The van der Waals surface area contributed by atoms with Crippen molar-refractivity contribution in [3.63, 3.8) is 0 Å². The standard InChI is InChI=1S/C19H20N2O.C6H4Cl2NO.K/c22-18-19(11-13-20-14-12-19)17(15-7-3-1-4-8-15)21(18)16-9-5-2-6-10-16;7-4-2-1-3-5(8)6(4)9-10;/h1-10,17,20H,11-14H2;1-3,9H;/q;-1;+1. The SMILES string of the molecule is O=C1N(c2ccccc2)C(c2ccccc2)C12CCNCC2.[K+].[O-]Nc1c(Cl)cccc1Cl. The van der Waals surface area contributed by atoms with Crippen LogP contribution in [0.25, 0.3) is 0 Å². The molecule has 166 valence electrons. The summed E-state index contributed by atoms with van der Waals surface area (Å²) < 4.78 is 0. The molecule has 5 rings (SSSR count). The summed E-state index contributed by atoms with van der Waals surface area (Å²) in [6.07, 6.45) is 1.85. The van der Waals surface area contributed by atoms with Crippen LogP contribution in [0.4, 0.5) is 11.4 Å². The molecule has 2 heterocycles. The zero-order chi connectivity index (χ0) is 22.6. The van der Waals surface area contributed by atoms with Crippen molar-refractivity contribution in [2.24, 2.45) is 5.41 Å². The first-order valence-corrected chi connectivity index (χ1v) is 11.3. The molecule has 1 unspecified atom stereocenters. The molecule has 1 amide bonds. The van der Waals surface area contributed by atoms with E-state index in [0.29, 0.717) is 10.0 Å². The van der Waals surface area contributed by atoms with E-state index in [1.165, 1.54) is 5.56 Å². The zero-order valence-electron chi connectivity index (χ0n) is 18.4. The molecule has 5 nitrogen and oxygen atoms in total. The Morgan fingerprint density at radius 2 is 1.42 bits per heavy atom. The Bertz CT molecular complexity index is 1040. The van der Waals surface area contributed by atoms with Crippen LogP contribution >= 0.6 is 23.2 Å². The van der Waals surface area contributed by atoms with Crippen LogP contribution in [0.1, 0.15) is 24.4 Å². The van der Waals surface area contributed by atoms with Gasteiger partial charge < -0.3 is 20.9 Å². The Morgan fingerprint density at radius 1 is 0.879 bits per heavy atom. The van der Waals surface area contributed by atoms with Crippen LogP contribution in [-0.4, -0.2) is 19.0 Å². The van der Waals surface area contributed by atoms with Crippen LogP contribution in [0.5, 0.6) is 0 Å². The summed E-state index contributed by atoms with van der Waals surface area (Å²) in [5.41, 5.74) is 3.91. The summed E-state index contributed by atoms with van der Waals surface area (Å²) in [6, 6.07) is 25.5. The van der Waals surface area contributed by atoms with Crippen molar-refractivity contribution >= 4 is 40.5 Å². The molecule has 0 saturated carbocycles. The summed E-state index contributed by atoms with van der Waals surface area (Å²) in [6.45, 7) is 1.86. The van der Waals surface area contributed by atoms with Gasteiger partial charge in [0, 0.05) is 5.69 Å². The minimum atomic E-state index is -0.220. The van der Waals surface area contributed by atoms with E-state index in [1.54, 1.807) is 23.7 Å². The monoisotopic (exact) mass is 507 g/mol. The van der Waals surface area contributed by atoms with E-state index in [-0.39, 0.29) is 74.4 Å². The van der Waals surface area contributed by atoms with Gasteiger partial charge in [0.1, 0.15) is 0 Å². The van der Waals surface area contributed by atoms with Crippen LogP contribution in [0.3, 0.4) is 0 Å². The second-order valence-electron chi connectivity index (χ2n) is 7.93. The van der Waals surface area contributed by atoms with Gasteiger partial charge in [0.05, 0.1) is 27.2 Å². The Balaban J connectivity index is 0.000000237. The zero-order valence-corrected chi connectivity index (χ0v) is 23.1. The van der Waals surface area contributed by atoms with Crippen LogP contribution in [0.15, 0.2) is 78.9 Å². The van der Waals surface area contributed by atoms with E-state index in [4.69, 9.17) is 23.2 Å². The molecule has 3 aromatic carbocycles. The molecule has 8 heteroatoms. The number of piperidine rings is 1. The third-order valence-corrected chi connectivity index (χ3v) is 6.77. The first kappa shape index (κ1) is 26.7. The van der Waals surface area contributed by atoms with Gasteiger partial charge in [-0.1, -0.05) is 77.8 Å². The van der Waals surface area contributed by atoms with Crippen LogP contribution in [-0.2, 0) is 4.79 Å². The maximum absolute atomic E-state index is 13.0. The third kappa shape index (κ3) is 5.50. The van der Waals surface area contributed by atoms with Gasteiger partial charge in [-0.3, -0.25) is 4.79 Å². The van der Waals surface area contributed by atoms with Gasteiger partial charge in [0.2, 0.25) is 5.91 Å². The molecule has 0 aromatic heterocycles. The molecule has 1 atom stereocenters. The Hall–Kier alpha value is -0.934. The molecule has 0 aliphatic carbocycles. The van der Waals surface area contributed by atoms with Gasteiger partial charge in [0.15, 0.2) is 0 Å². The van der Waals surface area contributed by atoms with Gasteiger partial charge in [-0.2, -0.15) is 0 Å². The summed E-state index contributed by atoms with van der Waals surface area (Å²) in [7, 11) is 0. The van der Waals surface area contributed by atoms with Crippen LogP contribution < -0.4 is 67.1 Å². The number of hydrogen-bond acceptors (Lipinski definition) is 4. The first-order chi connectivity index (χ1) is 15.6. The molecule has 0 bridgehead atoms. The van der Waals surface area contributed by atoms with Crippen molar-refractivity contribution in [1.82, 2.24) is 5.32 Å². The summed E-state index contributed by atoms with van der Waals surface area (Å²) in [4.78, 5) is 15.0. The fraction of sp³-hybridized carbons (Fsp3) is 0.240. The number of hydrogen-bond donors (Lipinski definition) is 2. The van der Waals surface area contributed by atoms with E-state index in [9.17, 15) is 10.0 Å². The summed E-state index contributed by atoms with van der Waals surface area (Å²) >= 11 is 11.2. The molecule has 0 radical (unpaired) electrons. The second kappa shape index (κ2) is 12.2. The van der Waals surface area contributed by atoms with Gasteiger partial charge in [-0.05, 0) is 55.8 Å². The number of halogens is 2. The topological polar surface area (TPSA) is 67.4 Å². The average Bonchev–Trinajstić information content (AvgIpc) is 2.84. The van der Waals surface area contributed by atoms with E-state index >= 15 is 0 Å². The number of rotatable bonds is 3. The quantitative estimate of drug-likeness (QED) is 0.324. The Morgan fingerprint density at radius 3 is 1.94 bits per heavy atom. The predicted octanol–water partition coefficient (Wildman–Crippen LogP) is 3.05.